The molecule has 2 rings (SSSR count). The van der Waals surface area contributed by atoms with Crippen molar-refractivity contribution in [2.75, 3.05) is 0 Å². The van der Waals surface area contributed by atoms with Crippen LogP contribution in [0, 0.1) is 17.8 Å². The fraction of sp³-hybridized carbons (Fsp3) is 0.677. The highest BCUT2D eigenvalue weighted by atomic mass is 16.6. The summed E-state index contributed by atoms with van der Waals surface area (Å²) in [6.07, 6.45) is 5.39. The zero-order valence-electron chi connectivity index (χ0n) is 24.7. The minimum Gasteiger partial charge on any atom is -0.480 e. The average molecular weight is 562 g/mol. The van der Waals surface area contributed by atoms with Crippen molar-refractivity contribution in [1.29, 1.82) is 0 Å². The zero-order chi connectivity index (χ0) is 29.9. The Balaban J connectivity index is 2.20. The molecule has 2 atom stereocenters. The monoisotopic (exact) mass is 561 g/mol. The molecular formula is C31H47NO8. The Morgan fingerprint density at radius 1 is 0.900 bits per heavy atom. The first kappa shape index (κ1) is 33.3. The van der Waals surface area contributed by atoms with E-state index in [0.717, 1.165) is 32.1 Å². The summed E-state index contributed by atoms with van der Waals surface area (Å²) in [6.45, 7) is 9.64. The second-order valence-electron chi connectivity index (χ2n) is 12.0. The van der Waals surface area contributed by atoms with Gasteiger partial charge in [-0.3, -0.25) is 19.2 Å². The van der Waals surface area contributed by atoms with E-state index in [9.17, 15) is 24.3 Å². The van der Waals surface area contributed by atoms with Crippen molar-refractivity contribution in [3.8, 4) is 11.5 Å². The third-order valence-electron chi connectivity index (χ3n) is 7.16. The standard InChI is InChI=1S/C31H47NO8/c1-20(2)11-15-27(33)39-25-14-13-23(17-26(25)40-28(34)16-12-21(3)4)19-31(32,30(36)37)18-22(5)38-29(35)24-9-7-6-8-10-24/h13-14,17,20-22,24H,6-12,15-16,18-19,32H2,1-5H3,(H,36,37)/t22-,31?/m0/s1. The highest BCUT2D eigenvalue weighted by Crippen LogP contribution is 2.32. The largest absolute Gasteiger partial charge is 0.480 e. The Bertz CT molecular complexity index is 1010. The lowest BCUT2D eigenvalue weighted by Gasteiger charge is -2.29. The number of carbonyl (C=O) groups excluding carboxylic acids is 3. The van der Waals surface area contributed by atoms with Gasteiger partial charge in [-0.25, -0.2) is 0 Å². The third kappa shape index (κ3) is 11.3. The topological polar surface area (TPSA) is 142 Å². The van der Waals surface area contributed by atoms with Crippen LogP contribution in [0.3, 0.4) is 0 Å². The minimum absolute atomic E-state index is 0.0358. The van der Waals surface area contributed by atoms with Gasteiger partial charge >= 0.3 is 23.9 Å². The quantitative estimate of drug-likeness (QED) is 0.207. The van der Waals surface area contributed by atoms with E-state index in [4.69, 9.17) is 19.9 Å². The van der Waals surface area contributed by atoms with Crippen LogP contribution in [0.15, 0.2) is 18.2 Å². The van der Waals surface area contributed by atoms with Crippen molar-refractivity contribution in [3.63, 3.8) is 0 Å². The van der Waals surface area contributed by atoms with Gasteiger partial charge in [-0.15, -0.1) is 0 Å². The number of benzene rings is 1. The van der Waals surface area contributed by atoms with Gasteiger partial charge in [0.05, 0.1) is 5.92 Å². The second kappa shape index (κ2) is 15.7. The molecule has 1 aromatic rings. The maximum Gasteiger partial charge on any atom is 0.324 e. The molecule has 1 fully saturated rings. The third-order valence-corrected chi connectivity index (χ3v) is 7.16. The molecule has 0 heterocycles. The molecule has 1 aliphatic carbocycles. The summed E-state index contributed by atoms with van der Waals surface area (Å²) in [4.78, 5) is 49.8. The molecule has 1 unspecified atom stereocenters. The van der Waals surface area contributed by atoms with Crippen molar-refractivity contribution < 1.29 is 38.5 Å². The number of carbonyl (C=O) groups is 4. The van der Waals surface area contributed by atoms with E-state index < -0.39 is 29.6 Å². The summed E-state index contributed by atoms with van der Waals surface area (Å²) in [5.74, 6) is -1.89. The predicted molar refractivity (Wildman–Crippen MR) is 151 cm³/mol. The predicted octanol–water partition coefficient (Wildman–Crippen LogP) is 5.60. The minimum atomic E-state index is -1.75. The van der Waals surface area contributed by atoms with Gasteiger partial charge in [0.15, 0.2) is 11.5 Å². The number of carboxylic acid groups (broad SMARTS) is 1. The van der Waals surface area contributed by atoms with Gasteiger partial charge in [0.1, 0.15) is 11.6 Å². The molecule has 1 aliphatic rings. The van der Waals surface area contributed by atoms with Gasteiger partial charge in [0, 0.05) is 25.7 Å². The molecule has 9 nitrogen and oxygen atoms in total. The second-order valence-corrected chi connectivity index (χ2v) is 12.0. The smallest absolute Gasteiger partial charge is 0.324 e. The van der Waals surface area contributed by atoms with Crippen LogP contribution in [-0.4, -0.2) is 40.6 Å². The summed E-state index contributed by atoms with van der Waals surface area (Å²) in [5, 5.41) is 10.0. The molecule has 0 spiro atoms. The van der Waals surface area contributed by atoms with Crippen LogP contribution in [0.25, 0.3) is 0 Å². The van der Waals surface area contributed by atoms with Crippen LogP contribution in [-0.2, 0) is 30.3 Å². The van der Waals surface area contributed by atoms with Crippen LogP contribution in [0.2, 0.25) is 0 Å². The molecule has 1 aromatic carbocycles. The number of hydrogen-bond donors (Lipinski definition) is 2. The zero-order valence-corrected chi connectivity index (χ0v) is 24.7. The summed E-state index contributed by atoms with van der Waals surface area (Å²) in [7, 11) is 0. The Hall–Kier alpha value is -2.94. The normalized spacial score (nSPS) is 16.3. The van der Waals surface area contributed by atoms with Gasteiger partial charge in [-0.2, -0.15) is 0 Å². The number of aliphatic carboxylic acids is 1. The van der Waals surface area contributed by atoms with E-state index in [-0.39, 0.29) is 49.1 Å². The Morgan fingerprint density at radius 2 is 1.45 bits per heavy atom. The number of hydrogen-bond acceptors (Lipinski definition) is 8. The fourth-order valence-corrected chi connectivity index (χ4v) is 4.77. The molecule has 224 valence electrons. The maximum absolute atomic E-state index is 12.6. The first-order chi connectivity index (χ1) is 18.8. The lowest BCUT2D eigenvalue weighted by atomic mass is 9.86. The summed E-state index contributed by atoms with van der Waals surface area (Å²) >= 11 is 0. The van der Waals surface area contributed by atoms with Crippen molar-refractivity contribution in [2.24, 2.45) is 23.5 Å². The van der Waals surface area contributed by atoms with Crippen LogP contribution in [0.1, 0.15) is 104 Å². The summed E-state index contributed by atoms with van der Waals surface area (Å²) in [5.41, 5.74) is 5.09. The van der Waals surface area contributed by atoms with Gasteiger partial charge in [-0.05, 0) is 62.1 Å². The fourth-order valence-electron chi connectivity index (χ4n) is 4.77. The highest BCUT2D eigenvalue weighted by molar-refractivity contribution is 5.80. The number of esters is 3. The first-order valence-electron chi connectivity index (χ1n) is 14.6. The Morgan fingerprint density at radius 3 is 1.98 bits per heavy atom. The molecule has 9 heteroatoms. The van der Waals surface area contributed by atoms with Crippen molar-refractivity contribution in [2.45, 2.75) is 117 Å². The van der Waals surface area contributed by atoms with Gasteiger partial charge < -0.3 is 25.1 Å². The molecule has 0 amide bonds. The average Bonchev–Trinajstić information content (AvgIpc) is 2.88. The summed E-state index contributed by atoms with van der Waals surface area (Å²) < 4.78 is 16.7. The number of nitrogens with two attached hydrogens (primary N) is 1. The van der Waals surface area contributed by atoms with Crippen molar-refractivity contribution in [3.05, 3.63) is 23.8 Å². The van der Waals surface area contributed by atoms with Crippen LogP contribution in [0.4, 0.5) is 0 Å². The summed E-state index contributed by atoms with van der Waals surface area (Å²) in [6, 6.07) is 4.57. The van der Waals surface area contributed by atoms with Crippen molar-refractivity contribution in [1.82, 2.24) is 0 Å². The lowest BCUT2D eigenvalue weighted by molar-refractivity contribution is -0.158. The molecule has 0 aromatic heterocycles. The van der Waals surface area contributed by atoms with Gasteiger partial charge in [-0.1, -0.05) is 53.0 Å². The molecule has 0 saturated heterocycles. The lowest BCUT2D eigenvalue weighted by Crippen LogP contribution is -2.52. The van der Waals surface area contributed by atoms with E-state index in [1.54, 1.807) is 13.0 Å². The molecule has 0 radical (unpaired) electrons. The number of carboxylic acids is 1. The van der Waals surface area contributed by atoms with Crippen LogP contribution >= 0.6 is 0 Å². The molecule has 40 heavy (non-hydrogen) atoms. The van der Waals surface area contributed by atoms with E-state index in [1.165, 1.54) is 12.1 Å². The van der Waals surface area contributed by atoms with Crippen LogP contribution < -0.4 is 15.2 Å². The Kier molecular flexibility index (Phi) is 13.1. The van der Waals surface area contributed by atoms with Gasteiger partial charge in [0.25, 0.3) is 0 Å². The molecule has 0 bridgehead atoms. The maximum atomic E-state index is 12.6. The SMILES string of the molecule is CC(C)CCC(=O)Oc1ccc(CC(N)(C[C@H](C)OC(=O)C2CCCCC2)C(=O)O)cc1OC(=O)CCC(C)C. The first-order valence-corrected chi connectivity index (χ1v) is 14.6. The molecule has 0 aliphatic heterocycles. The van der Waals surface area contributed by atoms with Crippen molar-refractivity contribution >= 4 is 23.9 Å². The van der Waals surface area contributed by atoms with E-state index >= 15 is 0 Å². The van der Waals surface area contributed by atoms with E-state index in [1.807, 2.05) is 27.7 Å². The molecule has 3 N–H and O–H groups in total. The highest BCUT2D eigenvalue weighted by Gasteiger charge is 2.38. The Labute approximate surface area is 238 Å². The number of rotatable bonds is 15. The molecular weight excluding hydrogens is 514 g/mol. The van der Waals surface area contributed by atoms with E-state index in [0.29, 0.717) is 30.2 Å². The number of ether oxygens (including phenoxy) is 3. The van der Waals surface area contributed by atoms with E-state index in [2.05, 4.69) is 0 Å². The van der Waals surface area contributed by atoms with Gasteiger partial charge in [0.2, 0.25) is 0 Å². The molecule has 1 saturated carbocycles. The van der Waals surface area contributed by atoms with Crippen LogP contribution in [0.5, 0.6) is 11.5 Å².